The normalized spacial score (nSPS) is 28.0. The second-order valence-corrected chi connectivity index (χ2v) is 4.83. The van der Waals surface area contributed by atoms with Gasteiger partial charge in [-0.15, -0.1) is 0 Å². The highest BCUT2D eigenvalue weighted by Gasteiger charge is 2.37. The number of nitrogens with one attached hydrogen (secondary N) is 1. The molecule has 0 aliphatic carbocycles. The molecule has 1 heterocycles. The zero-order chi connectivity index (χ0) is 12.9. The van der Waals surface area contributed by atoms with Crippen LogP contribution in [0, 0.1) is 0 Å². The van der Waals surface area contributed by atoms with Crippen LogP contribution in [-0.2, 0) is 14.3 Å². The number of carboxylic acids is 1. The van der Waals surface area contributed by atoms with E-state index in [1.807, 2.05) is 13.8 Å². The first kappa shape index (κ1) is 14.0. The van der Waals surface area contributed by atoms with E-state index in [0.29, 0.717) is 25.9 Å². The van der Waals surface area contributed by atoms with Crippen molar-refractivity contribution in [2.75, 3.05) is 6.61 Å². The van der Waals surface area contributed by atoms with Crippen molar-refractivity contribution in [3.8, 4) is 0 Å². The molecule has 2 N–H and O–H groups in total. The molecule has 1 aliphatic rings. The summed E-state index contributed by atoms with van der Waals surface area (Å²) in [7, 11) is 0. The highest BCUT2D eigenvalue weighted by molar-refractivity contribution is 5.77. The molecule has 17 heavy (non-hydrogen) atoms. The van der Waals surface area contributed by atoms with Crippen molar-refractivity contribution in [1.82, 2.24) is 5.32 Å². The van der Waals surface area contributed by atoms with Crippen molar-refractivity contribution in [2.45, 2.75) is 57.6 Å². The fourth-order valence-corrected chi connectivity index (χ4v) is 1.94. The third-order valence-electron chi connectivity index (χ3n) is 3.36. The molecule has 0 aromatic carbocycles. The minimum Gasteiger partial charge on any atom is -0.481 e. The van der Waals surface area contributed by atoms with Crippen LogP contribution in [0.1, 0.15) is 46.0 Å². The Balaban J connectivity index is 2.23. The van der Waals surface area contributed by atoms with Gasteiger partial charge in [0.15, 0.2) is 0 Å². The van der Waals surface area contributed by atoms with E-state index < -0.39 is 5.97 Å². The van der Waals surface area contributed by atoms with Crippen molar-refractivity contribution in [3.05, 3.63) is 0 Å². The Bertz CT molecular complexity index is 292. The number of aliphatic carboxylic acids is 1. The van der Waals surface area contributed by atoms with Gasteiger partial charge >= 0.3 is 5.97 Å². The third-order valence-corrected chi connectivity index (χ3v) is 3.36. The Labute approximate surface area is 102 Å². The molecular formula is C12H21NO4. The van der Waals surface area contributed by atoms with Crippen LogP contribution in [0.4, 0.5) is 0 Å². The number of unbranched alkanes of at least 4 members (excludes halogenated alkanes) is 1. The second kappa shape index (κ2) is 6.00. The zero-order valence-corrected chi connectivity index (χ0v) is 10.5. The van der Waals surface area contributed by atoms with Crippen LogP contribution < -0.4 is 5.32 Å². The summed E-state index contributed by atoms with van der Waals surface area (Å²) in [6.07, 6.45) is 2.54. The molecule has 2 unspecified atom stereocenters. The summed E-state index contributed by atoms with van der Waals surface area (Å²) in [6, 6.07) is 0. The van der Waals surface area contributed by atoms with Crippen LogP contribution in [-0.4, -0.2) is 35.2 Å². The predicted molar refractivity (Wildman–Crippen MR) is 62.7 cm³/mol. The summed E-state index contributed by atoms with van der Waals surface area (Å²) in [6.45, 7) is 4.62. The molecule has 2 atom stereocenters. The Hall–Kier alpha value is -1.10. The molecule has 98 valence electrons. The van der Waals surface area contributed by atoms with E-state index >= 15 is 0 Å². The smallest absolute Gasteiger partial charge is 0.303 e. The molecule has 0 bridgehead atoms. The van der Waals surface area contributed by atoms with E-state index in [2.05, 4.69) is 5.32 Å². The fraction of sp³-hybridized carbons (Fsp3) is 0.833. The maximum absolute atomic E-state index is 11.7. The second-order valence-electron chi connectivity index (χ2n) is 4.83. The van der Waals surface area contributed by atoms with E-state index in [-0.39, 0.29) is 24.0 Å². The summed E-state index contributed by atoms with van der Waals surface area (Å²) < 4.78 is 5.43. The van der Waals surface area contributed by atoms with E-state index in [1.54, 1.807) is 0 Å². The Kier molecular flexibility index (Phi) is 4.93. The molecule has 0 aromatic rings. The van der Waals surface area contributed by atoms with E-state index in [4.69, 9.17) is 9.84 Å². The number of rotatable bonds is 6. The van der Waals surface area contributed by atoms with Crippen LogP contribution in [0.15, 0.2) is 0 Å². The third kappa shape index (κ3) is 4.34. The van der Waals surface area contributed by atoms with Gasteiger partial charge < -0.3 is 15.2 Å². The number of amides is 1. The standard InChI is InChI=1S/C12H21NO4/c1-9-12(2,7-8-17-9)13-10(14)5-3-4-6-11(15)16/h9H,3-8H2,1-2H3,(H,13,14)(H,15,16). The molecule has 0 radical (unpaired) electrons. The van der Waals surface area contributed by atoms with Gasteiger partial charge in [0, 0.05) is 19.4 Å². The van der Waals surface area contributed by atoms with Gasteiger partial charge in [-0.1, -0.05) is 0 Å². The fourth-order valence-electron chi connectivity index (χ4n) is 1.94. The summed E-state index contributed by atoms with van der Waals surface area (Å²) in [5, 5.41) is 11.4. The van der Waals surface area contributed by atoms with Gasteiger partial charge in [0.25, 0.3) is 0 Å². The first-order valence-corrected chi connectivity index (χ1v) is 6.08. The predicted octanol–water partition coefficient (Wildman–Crippen LogP) is 1.32. The number of ether oxygens (including phenoxy) is 1. The quantitative estimate of drug-likeness (QED) is 0.690. The van der Waals surface area contributed by atoms with Crippen LogP contribution in [0.3, 0.4) is 0 Å². The van der Waals surface area contributed by atoms with Crippen molar-refractivity contribution < 1.29 is 19.4 Å². The van der Waals surface area contributed by atoms with Gasteiger partial charge in [-0.2, -0.15) is 0 Å². The lowest BCUT2D eigenvalue weighted by atomic mass is 9.94. The molecule has 5 heteroatoms. The molecular weight excluding hydrogens is 222 g/mol. The highest BCUT2D eigenvalue weighted by atomic mass is 16.5. The largest absolute Gasteiger partial charge is 0.481 e. The molecule has 1 fully saturated rings. The topological polar surface area (TPSA) is 75.6 Å². The maximum atomic E-state index is 11.7. The average molecular weight is 243 g/mol. The Morgan fingerprint density at radius 2 is 2.06 bits per heavy atom. The van der Waals surface area contributed by atoms with Gasteiger partial charge in [-0.05, 0) is 33.1 Å². The number of carbonyl (C=O) groups is 2. The van der Waals surface area contributed by atoms with Gasteiger partial charge in [-0.3, -0.25) is 9.59 Å². The minimum absolute atomic E-state index is 0.0183. The molecule has 5 nitrogen and oxygen atoms in total. The lowest BCUT2D eigenvalue weighted by Gasteiger charge is -2.28. The van der Waals surface area contributed by atoms with Crippen molar-refractivity contribution >= 4 is 11.9 Å². The summed E-state index contributed by atoms with van der Waals surface area (Å²) >= 11 is 0. The summed E-state index contributed by atoms with van der Waals surface area (Å²) in [5.74, 6) is -0.828. The van der Waals surface area contributed by atoms with Crippen LogP contribution in [0.25, 0.3) is 0 Å². The molecule has 1 aliphatic heterocycles. The first-order valence-electron chi connectivity index (χ1n) is 6.08. The summed E-state index contributed by atoms with van der Waals surface area (Å²) in [5.41, 5.74) is -0.274. The van der Waals surface area contributed by atoms with Gasteiger partial charge in [0.1, 0.15) is 0 Å². The Morgan fingerprint density at radius 3 is 2.59 bits per heavy atom. The number of carbonyl (C=O) groups excluding carboxylic acids is 1. The number of carboxylic acid groups (broad SMARTS) is 1. The van der Waals surface area contributed by atoms with E-state index in [9.17, 15) is 9.59 Å². The molecule has 0 aromatic heterocycles. The molecule has 0 spiro atoms. The highest BCUT2D eigenvalue weighted by Crippen LogP contribution is 2.25. The van der Waals surface area contributed by atoms with Crippen molar-refractivity contribution in [3.63, 3.8) is 0 Å². The first-order chi connectivity index (χ1) is 7.94. The van der Waals surface area contributed by atoms with Crippen LogP contribution in [0.2, 0.25) is 0 Å². The maximum Gasteiger partial charge on any atom is 0.303 e. The lowest BCUT2D eigenvalue weighted by Crippen LogP contribution is -2.50. The Morgan fingerprint density at radius 1 is 1.41 bits per heavy atom. The van der Waals surface area contributed by atoms with Gasteiger partial charge in [-0.25, -0.2) is 0 Å². The molecule has 0 saturated carbocycles. The van der Waals surface area contributed by atoms with E-state index in [0.717, 1.165) is 6.42 Å². The number of hydrogen-bond donors (Lipinski definition) is 2. The van der Waals surface area contributed by atoms with Crippen LogP contribution >= 0.6 is 0 Å². The zero-order valence-electron chi connectivity index (χ0n) is 10.5. The monoisotopic (exact) mass is 243 g/mol. The molecule has 1 rings (SSSR count). The van der Waals surface area contributed by atoms with Crippen molar-refractivity contribution in [1.29, 1.82) is 0 Å². The average Bonchev–Trinajstić information content (AvgIpc) is 2.54. The number of hydrogen-bond acceptors (Lipinski definition) is 3. The SMILES string of the molecule is CC1OCCC1(C)NC(=O)CCCCC(=O)O. The summed E-state index contributed by atoms with van der Waals surface area (Å²) in [4.78, 5) is 22.0. The molecule has 1 amide bonds. The van der Waals surface area contributed by atoms with Crippen LogP contribution in [0.5, 0.6) is 0 Å². The van der Waals surface area contributed by atoms with Crippen molar-refractivity contribution in [2.24, 2.45) is 0 Å². The minimum atomic E-state index is -0.810. The lowest BCUT2D eigenvalue weighted by molar-refractivity contribution is -0.137. The van der Waals surface area contributed by atoms with Gasteiger partial charge in [0.05, 0.1) is 11.6 Å². The molecule has 1 saturated heterocycles. The van der Waals surface area contributed by atoms with Gasteiger partial charge in [0.2, 0.25) is 5.91 Å². The van der Waals surface area contributed by atoms with E-state index in [1.165, 1.54) is 0 Å².